The lowest BCUT2D eigenvalue weighted by atomic mass is 9.84. The van der Waals surface area contributed by atoms with Gasteiger partial charge in [-0.25, -0.2) is 13.1 Å². The number of amides is 1. The number of hydrogen-bond donors (Lipinski definition) is 1. The van der Waals surface area contributed by atoms with Crippen molar-refractivity contribution in [2.45, 2.75) is 56.4 Å². The number of likely N-dealkylation sites (tertiary alicyclic amines) is 1. The van der Waals surface area contributed by atoms with E-state index in [4.69, 9.17) is 0 Å². The van der Waals surface area contributed by atoms with Crippen molar-refractivity contribution >= 4 is 15.9 Å². The Labute approximate surface area is 176 Å². The van der Waals surface area contributed by atoms with E-state index in [0.29, 0.717) is 30.4 Å². The first kappa shape index (κ1) is 20.9. The van der Waals surface area contributed by atoms with Gasteiger partial charge in [-0.3, -0.25) is 4.79 Å². The lowest BCUT2D eigenvalue weighted by molar-refractivity contribution is -0.134. The SMILES string of the molecule is CNS(=O)(=O)c1ccc(CC2CCCCC2)c(-c2nnn(C3CN(C(C)=O)C3)n2)c1. The van der Waals surface area contributed by atoms with Gasteiger partial charge in [0.15, 0.2) is 0 Å². The number of benzene rings is 1. The van der Waals surface area contributed by atoms with Crippen molar-refractivity contribution in [2.75, 3.05) is 20.1 Å². The minimum atomic E-state index is -3.58. The molecule has 2 fully saturated rings. The van der Waals surface area contributed by atoms with Gasteiger partial charge in [0.1, 0.15) is 6.04 Å². The summed E-state index contributed by atoms with van der Waals surface area (Å²) in [6.45, 7) is 2.67. The number of hydrogen-bond acceptors (Lipinski definition) is 6. The van der Waals surface area contributed by atoms with E-state index in [0.717, 1.165) is 12.0 Å². The fourth-order valence-electron chi connectivity index (χ4n) is 4.28. The van der Waals surface area contributed by atoms with E-state index in [1.165, 1.54) is 39.2 Å². The van der Waals surface area contributed by atoms with Gasteiger partial charge in [0.2, 0.25) is 21.8 Å². The molecule has 0 atom stereocenters. The van der Waals surface area contributed by atoms with Crippen LogP contribution in [0.4, 0.5) is 0 Å². The molecule has 1 amide bonds. The quantitative estimate of drug-likeness (QED) is 0.745. The van der Waals surface area contributed by atoms with E-state index in [1.54, 1.807) is 28.8 Å². The van der Waals surface area contributed by atoms with Crippen LogP contribution in [-0.2, 0) is 21.2 Å². The summed E-state index contributed by atoms with van der Waals surface area (Å²) in [6, 6.07) is 5.18. The Morgan fingerprint density at radius 3 is 2.60 bits per heavy atom. The van der Waals surface area contributed by atoms with E-state index in [9.17, 15) is 13.2 Å². The van der Waals surface area contributed by atoms with Crippen molar-refractivity contribution in [2.24, 2.45) is 5.92 Å². The monoisotopic (exact) mass is 432 g/mol. The van der Waals surface area contributed by atoms with Gasteiger partial charge in [0.25, 0.3) is 0 Å². The number of aromatic nitrogens is 4. The highest BCUT2D eigenvalue weighted by molar-refractivity contribution is 7.89. The summed E-state index contributed by atoms with van der Waals surface area (Å²) >= 11 is 0. The zero-order valence-corrected chi connectivity index (χ0v) is 18.2. The Morgan fingerprint density at radius 2 is 1.93 bits per heavy atom. The normalized spacial score (nSPS) is 18.4. The van der Waals surface area contributed by atoms with Crippen molar-refractivity contribution in [3.05, 3.63) is 23.8 Å². The van der Waals surface area contributed by atoms with Gasteiger partial charge in [-0.1, -0.05) is 38.2 Å². The molecule has 1 aliphatic carbocycles. The third kappa shape index (κ3) is 4.24. The summed E-state index contributed by atoms with van der Waals surface area (Å²) in [5.74, 6) is 1.05. The highest BCUT2D eigenvalue weighted by Gasteiger charge is 2.32. The second kappa shape index (κ2) is 8.43. The van der Waals surface area contributed by atoms with Crippen LogP contribution in [0, 0.1) is 5.92 Å². The molecule has 1 aromatic carbocycles. The van der Waals surface area contributed by atoms with E-state index in [-0.39, 0.29) is 16.8 Å². The molecule has 10 heteroatoms. The molecule has 4 rings (SSSR count). The highest BCUT2D eigenvalue weighted by Crippen LogP contribution is 2.32. The minimum Gasteiger partial charge on any atom is -0.338 e. The van der Waals surface area contributed by atoms with Gasteiger partial charge in [0.05, 0.1) is 4.90 Å². The van der Waals surface area contributed by atoms with Crippen LogP contribution in [0.3, 0.4) is 0 Å². The Morgan fingerprint density at radius 1 is 1.20 bits per heavy atom. The first-order chi connectivity index (χ1) is 14.4. The van der Waals surface area contributed by atoms with Crippen LogP contribution in [0.25, 0.3) is 11.4 Å². The molecule has 1 saturated carbocycles. The molecular weight excluding hydrogens is 404 g/mol. The van der Waals surface area contributed by atoms with Crippen LogP contribution in [0.5, 0.6) is 0 Å². The van der Waals surface area contributed by atoms with Crippen molar-refractivity contribution in [3.8, 4) is 11.4 Å². The van der Waals surface area contributed by atoms with E-state index in [1.807, 2.05) is 6.07 Å². The third-order valence-electron chi connectivity index (χ3n) is 6.20. The Bertz CT molecular complexity index is 1020. The van der Waals surface area contributed by atoms with Gasteiger partial charge in [-0.05, 0) is 42.3 Å². The number of tetrazole rings is 1. The minimum absolute atomic E-state index is 0.00108. The first-order valence-corrected chi connectivity index (χ1v) is 12.0. The highest BCUT2D eigenvalue weighted by atomic mass is 32.2. The summed E-state index contributed by atoms with van der Waals surface area (Å²) in [7, 11) is -2.18. The van der Waals surface area contributed by atoms with Gasteiger partial charge in [0, 0.05) is 25.6 Å². The second-order valence-corrected chi connectivity index (χ2v) is 10.1. The molecular formula is C20H28N6O3S. The maximum Gasteiger partial charge on any atom is 0.240 e. The summed E-state index contributed by atoms with van der Waals surface area (Å²) in [5, 5.41) is 12.9. The molecule has 1 N–H and O–H groups in total. The number of carbonyl (C=O) groups excluding carboxylic acids is 1. The molecule has 1 aromatic heterocycles. The fraction of sp³-hybridized carbons (Fsp3) is 0.600. The molecule has 2 aliphatic rings. The van der Waals surface area contributed by atoms with Gasteiger partial charge in [-0.15, -0.1) is 10.2 Å². The van der Waals surface area contributed by atoms with Crippen molar-refractivity contribution in [1.29, 1.82) is 0 Å². The molecule has 1 saturated heterocycles. The maximum absolute atomic E-state index is 12.3. The topological polar surface area (TPSA) is 110 Å². The number of sulfonamides is 1. The zero-order chi connectivity index (χ0) is 21.3. The van der Waals surface area contributed by atoms with Crippen LogP contribution < -0.4 is 4.72 Å². The van der Waals surface area contributed by atoms with E-state index >= 15 is 0 Å². The summed E-state index contributed by atoms with van der Waals surface area (Å²) < 4.78 is 27.1. The van der Waals surface area contributed by atoms with Crippen LogP contribution in [-0.4, -0.2) is 59.6 Å². The lowest BCUT2D eigenvalue weighted by Gasteiger charge is -2.37. The van der Waals surface area contributed by atoms with Crippen LogP contribution in [0.2, 0.25) is 0 Å². The first-order valence-electron chi connectivity index (χ1n) is 10.5. The van der Waals surface area contributed by atoms with Crippen LogP contribution >= 0.6 is 0 Å². The fourth-order valence-corrected chi connectivity index (χ4v) is 5.03. The number of carbonyl (C=O) groups is 1. The summed E-state index contributed by atoms with van der Waals surface area (Å²) in [6.07, 6.45) is 7.05. The number of nitrogens with zero attached hydrogens (tertiary/aromatic N) is 5. The van der Waals surface area contributed by atoms with Gasteiger partial charge < -0.3 is 4.90 Å². The zero-order valence-electron chi connectivity index (χ0n) is 17.4. The van der Waals surface area contributed by atoms with Crippen molar-refractivity contribution in [3.63, 3.8) is 0 Å². The predicted octanol–water partition coefficient (Wildman–Crippen LogP) is 1.77. The molecule has 1 aliphatic heterocycles. The molecule has 0 spiro atoms. The Balaban J connectivity index is 1.64. The second-order valence-electron chi connectivity index (χ2n) is 8.25. The van der Waals surface area contributed by atoms with Gasteiger partial charge in [-0.2, -0.15) is 4.80 Å². The molecule has 30 heavy (non-hydrogen) atoms. The Hall–Kier alpha value is -2.33. The molecule has 162 valence electrons. The predicted molar refractivity (Wildman–Crippen MR) is 111 cm³/mol. The van der Waals surface area contributed by atoms with E-state index < -0.39 is 10.0 Å². The average Bonchev–Trinajstić information content (AvgIpc) is 3.17. The average molecular weight is 433 g/mol. The Kier molecular flexibility index (Phi) is 5.88. The summed E-state index contributed by atoms with van der Waals surface area (Å²) in [4.78, 5) is 14.9. The molecule has 0 unspecified atom stereocenters. The number of nitrogens with one attached hydrogen (secondary N) is 1. The molecule has 2 aromatic rings. The summed E-state index contributed by atoms with van der Waals surface area (Å²) in [5.41, 5.74) is 1.77. The van der Waals surface area contributed by atoms with Crippen molar-refractivity contribution < 1.29 is 13.2 Å². The van der Waals surface area contributed by atoms with Crippen LogP contribution in [0.1, 0.15) is 50.6 Å². The largest absolute Gasteiger partial charge is 0.338 e. The van der Waals surface area contributed by atoms with E-state index in [2.05, 4.69) is 20.1 Å². The maximum atomic E-state index is 12.3. The molecule has 2 heterocycles. The third-order valence-corrected chi connectivity index (χ3v) is 7.61. The smallest absolute Gasteiger partial charge is 0.240 e. The van der Waals surface area contributed by atoms with Gasteiger partial charge >= 0.3 is 0 Å². The lowest BCUT2D eigenvalue weighted by Crippen LogP contribution is -2.50. The number of rotatable bonds is 6. The van der Waals surface area contributed by atoms with Crippen molar-refractivity contribution in [1.82, 2.24) is 29.8 Å². The molecule has 9 nitrogen and oxygen atoms in total. The molecule has 0 bridgehead atoms. The molecule has 0 radical (unpaired) electrons. The standard InChI is InChI=1S/C20H28N6O3S/c1-14(27)25-12-17(13-25)26-23-20(22-24-26)19-11-18(30(28,29)21-2)9-8-16(19)10-15-6-4-3-5-7-15/h8-9,11,15,17,21H,3-7,10,12-13H2,1-2H3. The van der Waals surface area contributed by atoms with Crippen LogP contribution in [0.15, 0.2) is 23.1 Å².